The third-order valence-electron chi connectivity index (χ3n) is 5.63. The normalized spacial score (nSPS) is 18.5. The molecule has 0 spiro atoms. The number of nitrogens with zero attached hydrogens (tertiary/aromatic N) is 2. The van der Waals surface area contributed by atoms with Crippen LogP contribution in [0.2, 0.25) is 0 Å². The molecule has 2 heterocycles. The van der Waals surface area contributed by atoms with E-state index in [4.69, 9.17) is 16.2 Å². The highest BCUT2D eigenvalue weighted by Gasteiger charge is 2.24. The lowest BCUT2D eigenvalue weighted by molar-refractivity contribution is 0.100. The Labute approximate surface area is 179 Å². The van der Waals surface area contributed by atoms with Crippen LogP contribution in [0.3, 0.4) is 0 Å². The summed E-state index contributed by atoms with van der Waals surface area (Å²) in [5.74, 6) is -0.603. The molecule has 1 aliphatic rings. The van der Waals surface area contributed by atoms with E-state index in [2.05, 4.69) is 20.6 Å². The molecule has 0 radical (unpaired) electrons. The summed E-state index contributed by atoms with van der Waals surface area (Å²) < 4.78 is 21.1. The van der Waals surface area contributed by atoms with Crippen molar-refractivity contribution in [2.45, 2.75) is 37.8 Å². The van der Waals surface area contributed by atoms with Gasteiger partial charge in [-0.1, -0.05) is 12.8 Å². The number of carbonyl (C=O) groups is 1. The molecule has 8 nitrogen and oxygen atoms in total. The molecule has 9 heteroatoms. The number of rotatable bonds is 6. The van der Waals surface area contributed by atoms with Gasteiger partial charge in [0, 0.05) is 24.0 Å². The number of primary amides is 1. The number of ether oxygens (including phenoxy) is 1. The number of hydrogen-bond acceptors (Lipinski definition) is 7. The second kappa shape index (κ2) is 8.73. The topological polar surface area (TPSA) is 128 Å². The van der Waals surface area contributed by atoms with Crippen molar-refractivity contribution in [1.82, 2.24) is 9.97 Å². The molecule has 162 valence electrons. The summed E-state index contributed by atoms with van der Waals surface area (Å²) in [6.45, 7) is 0. The molecule has 2 atom stereocenters. The van der Waals surface area contributed by atoms with E-state index in [1.807, 2.05) is 0 Å². The van der Waals surface area contributed by atoms with Gasteiger partial charge in [-0.05, 0) is 37.1 Å². The Bertz CT molecular complexity index is 1120. The fourth-order valence-electron chi connectivity index (χ4n) is 3.98. The van der Waals surface area contributed by atoms with Crippen LogP contribution in [-0.4, -0.2) is 35.1 Å². The second-order valence-electron chi connectivity index (χ2n) is 7.61. The van der Waals surface area contributed by atoms with Gasteiger partial charge in [0.25, 0.3) is 5.91 Å². The van der Waals surface area contributed by atoms with Gasteiger partial charge in [0.15, 0.2) is 5.82 Å². The van der Waals surface area contributed by atoms with E-state index in [9.17, 15) is 4.79 Å². The third kappa shape index (κ3) is 4.09. The third-order valence-corrected chi connectivity index (χ3v) is 5.63. The molecule has 4 rings (SSSR count). The minimum atomic E-state index is -0.667. The van der Waals surface area contributed by atoms with Gasteiger partial charge < -0.3 is 26.8 Å². The predicted octanol–water partition coefficient (Wildman–Crippen LogP) is 3.30. The zero-order valence-electron chi connectivity index (χ0n) is 17.2. The average molecular weight is 424 g/mol. The molecule has 1 amide bonds. The maximum atomic E-state index is 15.7. The zero-order chi connectivity index (χ0) is 22.0. The molecule has 1 aliphatic carbocycles. The number of nitrogens with two attached hydrogens (primary N) is 2. The van der Waals surface area contributed by atoms with Gasteiger partial charge in [-0.2, -0.15) is 0 Å². The summed E-state index contributed by atoms with van der Waals surface area (Å²) in [6.07, 6.45) is 6.84. The number of anilines is 3. The van der Waals surface area contributed by atoms with E-state index in [0.29, 0.717) is 17.0 Å². The molecule has 6 N–H and O–H groups in total. The quantitative estimate of drug-likeness (QED) is 0.478. The highest BCUT2D eigenvalue weighted by molar-refractivity contribution is 6.00. The van der Waals surface area contributed by atoms with Crippen LogP contribution in [0, 0.1) is 5.82 Å². The van der Waals surface area contributed by atoms with Crippen molar-refractivity contribution in [3.05, 3.63) is 48.0 Å². The smallest absolute Gasteiger partial charge is 0.252 e. The van der Waals surface area contributed by atoms with E-state index in [1.54, 1.807) is 18.2 Å². The number of carbonyl (C=O) groups excluding carboxylic acids is 1. The Morgan fingerprint density at radius 2 is 2.00 bits per heavy atom. The number of fused-ring (bicyclic) bond motifs is 1. The first kappa shape index (κ1) is 20.8. The summed E-state index contributed by atoms with van der Waals surface area (Å²) in [4.78, 5) is 20.2. The van der Waals surface area contributed by atoms with Crippen LogP contribution in [0.15, 0.2) is 36.7 Å². The van der Waals surface area contributed by atoms with Gasteiger partial charge in [-0.15, -0.1) is 0 Å². The first-order chi connectivity index (χ1) is 15.0. The number of methoxy groups -OCH3 is 1. The lowest BCUT2D eigenvalue weighted by Crippen LogP contribution is -2.42. The van der Waals surface area contributed by atoms with Crippen LogP contribution in [0.1, 0.15) is 36.0 Å². The van der Waals surface area contributed by atoms with Crippen LogP contribution < -0.4 is 26.8 Å². The van der Waals surface area contributed by atoms with Gasteiger partial charge in [0.2, 0.25) is 0 Å². The minimum absolute atomic E-state index is 0.00475. The van der Waals surface area contributed by atoms with Gasteiger partial charge in [-0.3, -0.25) is 4.79 Å². The molecule has 3 aromatic rings. The van der Waals surface area contributed by atoms with Crippen molar-refractivity contribution in [3.8, 4) is 5.75 Å². The van der Waals surface area contributed by atoms with Crippen molar-refractivity contribution >= 4 is 34.0 Å². The maximum absolute atomic E-state index is 15.7. The Balaban J connectivity index is 1.79. The molecule has 0 saturated heterocycles. The highest BCUT2D eigenvalue weighted by atomic mass is 19.1. The Hall–Kier alpha value is -3.46. The first-order valence-electron chi connectivity index (χ1n) is 10.2. The fraction of sp³-hybridized carbons (Fsp3) is 0.318. The Morgan fingerprint density at radius 1 is 1.19 bits per heavy atom. The van der Waals surface area contributed by atoms with Crippen molar-refractivity contribution < 1.29 is 13.9 Å². The molecule has 1 fully saturated rings. The van der Waals surface area contributed by atoms with Crippen molar-refractivity contribution in [1.29, 1.82) is 0 Å². The van der Waals surface area contributed by atoms with E-state index >= 15 is 4.39 Å². The molecule has 0 aliphatic heterocycles. The minimum Gasteiger partial charge on any atom is -0.494 e. The molecular formula is C22H25FN6O2. The zero-order valence-corrected chi connectivity index (χ0v) is 17.2. The largest absolute Gasteiger partial charge is 0.494 e. The molecule has 2 aromatic heterocycles. The van der Waals surface area contributed by atoms with Gasteiger partial charge >= 0.3 is 0 Å². The van der Waals surface area contributed by atoms with Crippen molar-refractivity contribution in [3.63, 3.8) is 0 Å². The van der Waals surface area contributed by atoms with Crippen LogP contribution in [0.25, 0.3) is 10.9 Å². The van der Waals surface area contributed by atoms with E-state index in [1.165, 1.54) is 25.6 Å². The lowest BCUT2D eigenvalue weighted by atomic mass is 9.90. The maximum Gasteiger partial charge on any atom is 0.252 e. The van der Waals surface area contributed by atoms with Gasteiger partial charge in [-0.25, -0.2) is 14.4 Å². The number of amides is 1. The van der Waals surface area contributed by atoms with Crippen LogP contribution in [-0.2, 0) is 0 Å². The van der Waals surface area contributed by atoms with Gasteiger partial charge in [0.1, 0.15) is 17.1 Å². The molecule has 31 heavy (non-hydrogen) atoms. The Kier molecular flexibility index (Phi) is 5.85. The summed E-state index contributed by atoms with van der Waals surface area (Å²) in [5.41, 5.74) is 12.9. The standard InChI is InChI=1S/C22H25FN6O2/c1-31-17-9-8-15(28-14-7-3-2-6-13(14)24)18-19(23)16(11-27-20(17)18)29-22-12(21(25)30)5-4-10-26-22/h4-5,8-11,13-14,28H,2-3,6-7,24H2,1H3,(H2,25,30)(H,26,29). The molecule has 2 unspecified atom stereocenters. The number of pyridine rings is 2. The van der Waals surface area contributed by atoms with Gasteiger partial charge in [0.05, 0.1) is 29.9 Å². The summed E-state index contributed by atoms with van der Waals surface area (Å²) in [5, 5.41) is 6.53. The van der Waals surface area contributed by atoms with Crippen LogP contribution >= 0.6 is 0 Å². The summed E-state index contributed by atoms with van der Waals surface area (Å²) in [7, 11) is 1.51. The number of benzene rings is 1. The monoisotopic (exact) mass is 424 g/mol. The second-order valence-corrected chi connectivity index (χ2v) is 7.61. The molecule has 1 saturated carbocycles. The number of nitrogens with one attached hydrogen (secondary N) is 2. The Morgan fingerprint density at radius 3 is 2.74 bits per heavy atom. The molecular weight excluding hydrogens is 399 g/mol. The average Bonchev–Trinajstić information content (AvgIpc) is 2.77. The SMILES string of the molecule is COc1ccc(NC2CCCCC2N)c2c(F)c(Nc3ncccc3C(N)=O)cnc12. The number of aromatic nitrogens is 2. The van der Waals surface area contributed by atoms with Crippen molar-refractivity contribution in [2.75, 3.05) is 17.7 Å². The summed E-state index contributed by atoms with van der Waals surface area (Å²) in [6, 6.07) is 6.66. The van der Waals surface area contributed by atoms with E-state index in [-0.39, 0.29) is 34.5 Å². The fourth-order valence-corrected chi connectivity index (χ4v) is 3.98. The lowest BCUT2D eigenvalue weighted by Gasteiger charge is -2.30. The number of halogens is 1. The van der Waals surface area contributed by atoms with E-state index < -0.39 is 11.7 Å². The van der Waals surface area contributed by atoms with Crippen LogP contribution in [0.5, 0.6) is 5.75 Å². The number of hydrogen-bond donors (Lipinski definition) is 4. The van der Waals surface area contributed by atoms with Crippen LogP contribution in [0.4, 0.5) is 21.6 Å². The van der Waals surface area contributed by atoms with E-state index in [0.717, 1.165) is 25.7 Å². The highest BCUT2D eigenvalue weighted by Crippen LogP contribution is 2.36. The summed E-state index contributed by atoms with van der Waals surface area (Å²) >= 11 is 0. The predicted molar refractivity (Wildman–Crippen MR) is 118 cm³/mol. The molecule has 1 aromatic carbocycles. The first-order valence-corrected chi connectivity index (χ1v) is 10.2. The van der Waals surface area contributed by atoms with Crippen molar-refractivity contribution in [2.24, 2.45) is 11.5 Å². The molecule has 0 bridgehead atoms.